The lowest BCUT2D eigenvalue weighted by atomic mass is 9.54. The Morgan fingerprint density at radius 3 is 2.86 bits per heavy atom. The van der Waals surface area contributed by atoms with Crippen LogP contribution in [0.5, 0.6) is 5.75 Å². The number of ketones is 1. The number of hydrogen-bond acceptors (Lipinski definition) is 3. The summed E-state index contributed by atoms with van der Waals surface area (Å²) in [6.07, 6.45) is 4.17. The topological polar surface area (TPSA) is 35.5 Å². The summed E-state index contributed by atoms with van der Waals surface area (Å²) in [7, 11) is 3.44. The number of hydrogen-bond donors (Lipinski definition) is 0. The monoisotopic (exact) mass is 288 g/mol. The Labute approximate surface area is 126 Å². The summed E-state index contributed by atoms with van der Waals surface area (Å²) in [5, 5.41) is 0. The molecule has 0 aromatic heterocycles. The molecule has 0 amide bonds. The Hall–Kier alpha value is -1.35. The van der Waals surface area contributed by atoms with E-state index >= 15 is 0 Å². The maximum absolute atomic E-state index is 12.6. The van der Waals surface area contributed by atoms with Crippen molar-refractivity contribution >= 4 is 5.78 Å². The van der Waals surface area contributed by atoms with E-state index < -0.39 is 0 Å². The number of rotatable bonds is 3. The average molecular weight is 288 g/mol. The molecule has 1 aromatic rings. The van der Waals surface area contributed by atoms with Crippen LogP contribution in [-0.2, 0) is 10.2 Å². The largest absolute Gasteiger partial charge is 0.497 e. The zero-order valence-corrected chi connectivity index (χ0v) is 13.1. The van der Waals surface area contributed by atoms with Crippen LogP contribution >= 0.6 is 0 Å². The van der Waals surface area contributed by atoms with Crippen LogP contribution in [0.4, 0.5) is 0 Å². The highest BCUT2D eigenvalue weighted by molar-refractivity contribution is 5.99. The quantitative estimate of drug-likeness (QED) is 0.852. The molecule has 2 aliphatic rings. The predicted octanol–water partition coefficient (Wildman–Crippen LogP) is 3.60. The van der Waals surface area contributed by atoms with E-state index in [9.17, 15) is 4.79 Å². The summed E-state index contributed by atoms with van der Waals surface area (Å²) >= 11 is 0. The van der Waals surface area contributed by atoms with Crippen LogP contribution in [0.3, 0.4) is 0 Å². The molecular formula is C18H24O3. The van der Waals surface area contributed by atoms with Gasteiger partial charge in [0.05, 0.1) is 7.11 Å². The molecule has 1 fully saturated rings. The molecule has 0 bridgehead atoms. The van der Waals surface area contributed by atoms with E-state index in [-0.39, 0.29) is 11.2 Å². The van der Waals surface area contributed by atoms with Gasteiger partial charge in [0.25, 0.3) is 0 Å². The molecule has 1 aromatic carbocycles. The second-order valence-electron chi connectivity index (χ2n) is 6.67. The number of carbonyl (C=O) groups is 1. The molecule has 0 aliphatic heterocycles. The minimum atomic E-state index is 0.0687. The molecule has 3 heteroatoms. The van der Waals surface area contributed by atoms with Crippen LogP contribution in [0.25, 0.3) is 0 Å². The summed E-state index contributed by atoms with van der Waals surface area (Å²) in [6, 6.07) is 5.92. The summed E-state index contributed by atoms with van der Waals surface area (Å²) in [4.78, 5) is 12.6. The molecule has 3 nitrogen and oxygen atoms in total. The molecule has 3 rings (SSSR count). The lowest BCUT2D eigenvalue weighted by Gasteiger charge is -2.49. The van der Waals surface area contributed by atoms with E-state index in [4.69, 9.17) is 9.47 Å². The Morgan fingerprint density at radius 2 is 2.14 bits per heavy atom. The van der Waals surface area contributed by atoms with E-state index in [0.717, 1.165) is 24.3 Å². The Bertz CT molecular complexity index is 549. The molecule has 0 N–H and O–H groups in total. The highest BCUT2D eigenvalue weighted by atomic mass is 16.5. The lowest BCUT2D eigenvalue weighted by molar-refractivity contribution is 0.0381. The minimum Gasteiger partial charge on any atom is -0.497 e. The Kier molecular flexibility index (Phi) is 3.78. The van der Waals surface area contributed by atoms with E-state index in [2.05, 4.69) is 13.0 Å². The molecule has 114 valence electrons. The first-order chi connectivity index (χ1) is 10.1. The molecular weight excluding hydrogens is 264 g/mol. The van der Waals surface area contributed by atoms with Gasteiger partial charge >= 0.3 is 0 Å². The fraction of sp³-hybridized carbons (Fsp3) is 0.611. The first-order valence-corrected chi connectivity index (χ1v) is 7.81. The van der Waals surface area contributed by atoms with Gasteiger partial charge in [-0.05, 0) is 53.9 Å². The maximum atomic E-state index is 12.6. The molecule has 3 atom stereocenters. The number of Topliss-reactive ketones (excluding diaryl/α,β-unsaturated/α-hetero) is 1. The van der Waals surface area contributed by atoms with Gasteiger partial charge in [-0.2, -0.15) is 0 Å². The van der Waals surface area contributed by atoms with Gasteiger partial charge in [-0.15, -0.1) is 0 Å². The Balaban J connectivity index is 2.08. The van der Waals surface area contributed by atoms with Crippen LogP contribution < -0.4 is 4.74 Å². The summed E-state index contributed by atoms with van der Waals surface area (Å²) < 4.78 is 10.8. The van der Waals surface area contributed by atoms with E-state index in [1.165, 1.54) is 18.4 Å². The lowest BCUT2D eigenvalue weighted by Crippen LogP contribution is -2.46. The standard InChI is InChI=1S/C18H24O3/c1-18-8-4-5-12(11-20-2)15(18)10-17(19)14-7-6-13(21-3)9-16(14)18/h6-7,9,12,15H,4-5,8,10-11H2,1-3H3/t12-,15?,18+/m1/s1. The summed E-state index contributed by atoms with van der Waals surface area (Å²) in [5.74, 6) is 1.99. The van der Waals surface area contributed by atoms with E-state index in [1.807, 2.05) is 12.1 Å². The zero-order valence-electron chi connectivity index (χ0n) is 13.1. The van der Waals surface area contributed by atoms with Crippen molar-refractivity contribution in [3.05, 3.63) is 29.3 Å². The van der Waals surface area contributed by atoms with Gasteiger partial charge in [0.2, 0.25) is 0 Å². The predicted molar refractivity (Wildman–Crippen MR) is 82.0 cm³/mol. The number of methoxy groups -OCH3 is 2. The second-order valence-corrected chi connectivity index (χ2v) is 6.67. The first kappa shape index (κ1) is 14.6. The third-order valence-electron chi connectivity index (χ3n) is 5.59. The number of fused-ring (bicyclic) bond motifs is 3. The molecule has 1 unspecified atom stereocenters. The van der Waals surface area contributed by atoms with Crippen LogP contribution in [0.15, 0.2) is 18.2 Å². The fourth-order valence-electron chi connectivity index (χ4n) is 4.45. The van der Waals surface area contributed by atoms with Gasteiger partial charge in [0, 0.05) is 25.7 Å². The number of benzene rings is 1. The van der Waals surface area contributed by atoms with Gasteiger partial charge in [-0.3, -0.25) is 4.79 Å². The van der Waals surface area contributed by atoms with Crippen LogP contribution in [0.2, 0.25) is 0 Å². The molecule has 1 saturated carbocycles. The molecule has 21 heavy (non-hydrogen) atoms. The van der Waals surface area contributed by atoms with Gasteiger partial charge in [-0.1, -0.05) is 13.3 Å². The van der Waals surface area contributed by atoms with Gasteiger partial charge in [0.15, 0.2) is 5.78 Å². The van der Waals surface area contributed by atoms with Gasteiger partial charge in [0.1, 0.15) is 5.75 Å². The highest BCUT2D eigenvalue weighted by Gasteiger charge is 2.48. The molecule has 0 heterocycles. The smallest absolute Gasteiger partial charge is 0.163 e. The summed E-state index contributed by atoms with van der Waals surface area (Å²) in [6.45, 7) is 3.08. The van der Waals surface area contributed by atoms with Crippen LogP contribution in [-0.4, -0.2) is 26.6 Å². The third-order valence-corrected chi connectivity index (χ3v) is 5.59. The second kappa shape index (κ2) is 5.45. The van der Waals surface area contributed by atoms with E-state index in [1.54, 1.807) is 14.2 Å². The van der Waals surface area contributed by atoms with Crippen molar-refractivity contribution in [1.29, 1.82) is 0 Å². The maximum Gasteiger partial charge on any atom is 0.163 e. The Morgan fingerprint density at radius 1 is 1.33 bits per heavy atom. The van der Waals surface area contributed by atoms with Gasteiger partial charge < -0.3 is 9.47 Å². The molecule has 0 radical (unpaired) electrons. The normalized spacial score (nSPS) is 31.5. The molecule has 0 spiro atoms. The minimum absolute atomic E-state index is 0.0687. The van der Waals surface area contributed by atoms with Crippen molar-refractivity contribution in [1.82, 2.24) is 0 Å². The highest BCUT2D eigenvalue weighted by Crippen LogP contribution is 2.52. The van der Waals surface area contributed by atoms with Crippen molar-refractivity contribution in [2.24, 2.45) is 11.8 Å². The van der Waals surface area contributed by atoms with Crippen molar-refractivity contribution in [3.63, 3.8) is 0 Å². The third kappa shape index (κ3) is 2.28. The van der Waals surface area contributed by atoms with Crippen molar-refractivity contribution in [2.45, 2.75) is 38.0 Å². The first-order valence-electron chi connectivity index (χ1n) is 7.81. The van der Waals surface area contributed by atoms with Crippen molar-refractivity contribution < 1.29 is 14.3 Å². The van der Waals surface area contributed by atoms with Crippen molar-refractivity contribution in [2.75, 3.05) is 20.8 Å². The fourth-order valence-corrected chi connectivity index (χ4v) is 4.45. The average Bonchev–Trinajstić information content (AvgIpc) is 2.49. The zero-order chi connectivity index (χ0) is 15.0. The molecule has 2 aliphatic carbocycles. The SMILES string of the molecule is COC[C@H]1CCC[C@]2(C)c3cc(OC)ccc3C(=O)CC12. The van der Waals surface area contributed by atoms with Crippen LogP contribution in [0, 0.1) is 11.8 Å². The van der Waals surface area contributed by atoms with E-state index in [0.29, 0.717) is 18.3 Å². The number of carbonyl (C=O) groups excluding carboxylic acids is 1. The summed E-state index contributed by atoms with van der Waals surface area (Å²) in [5.41, 5.74) is 2.15. The van der Waals surface area contributed by atoms with Crippen LogP contribution in [0.1, 0.15) is 48.5 Å². The van der Waals surface area contributed by atoms with Crippen molar-refractivity contribution in [3.8, 4) is 5.75 Å². The molecule has 0 saturated heterocycles. The van der Waals surface area contributed by atoms with Gasteiger partial charge in [-0.25, -0.2) is 0 Å². The number of ether oxygens (including phenoxy) is 2.